The van der Waals surface area contributed by atoms with Crippen LogP contribution in [-0.2, 0) is 0 Å². The minimum atomic E-state index is 1.12. The molecule has 9 rings (SSSR count). The second kappa shape index (κ2) is 10.1. The van der Waals surface area contributed by atoms with Crippen LogP contribution in [0.4, 0.5) is 17.1 Å². The number of rotatable bonds is 4. The molecule has 212 valence electrons. The SMILES string of the molecule is Cc1ccc(N(c2ccc3c4ccccc4n(-c4ccccc4)c3c2)c2cccc3c4ccccc4c4ccccc4c23)cc1. The summed E-state index contributed by atoms with van der Waals surface area (Å²) in [4.78, 5) is 2.44. The fraction of sp³-hybridized carbons (Fsp3) is 0.0233. The number of para-hydroxylation sites is 2. The Hall–Kier alpha value is -5.86. The quantitative estimate of drug-likeness (QED) is 0.190. The van der Waals surface area contributed by atoms with Crippen molar-refractivity contribution in [1.82, 2.24) is 4.57 Å². The third-order valence-electron chi connectivity index (χ3n) is 9.21. The number of hydrogen-bond donors (Lipinski definition) is 0. The van der Waals surface area contributed by atoms with Crippen LogP contribution in [0.3, 0.4) is 0 Å². The van der Waals surface area contributed by atoms with E-state index in [4.69, 9.17) is 0 Å². The first kappa shape index (κ1) is 25.6. The zero-order valence-electron chi connectivity index (χ0n) is 25.0. The number of hydrogen-bond acceptors (Lipinski definition) is 1. The Bertz CT molecular complexity index is 2490. The highest BCUT2D eigenvalue weighted by Gasteiger charge is 2.21. The van der Waals surface area contributed by atoms with Crippen LogP contribution in [-0.4, -0.2) is 4.57 Å². The minimum Gasteiger partial charge on any atom is -0.310 e. The normalized spacial score (nSPS) is 11.7. The van der Waals surface area contributed by atoms with Crippen LogP contribution in [0.15, 0.2) is 164 Å². The smallest absolute Gasteiger partial charge is 0.0561 e. The van der Waals surface area contributed by atoms with Crippen molar-refractivity contribution >= 4 is 71.2 Å². The van der Waals surface area contributed by atoms with Gasteiger partial charge in [0.25, 0.3) is 0 Å². The molecule has 0 saturated heterocycles. The van der Waals surface area contributed by atoms with Gasteiger partial charge in [0.05, 0.1) is 16.7 Å². The lowest BCUT2D eigenvalue weighted by Gasteiger charge is -2.28. The van der Waals surface area contributed by atoms with Gasteiger partial charge in [-0.1, -0.05) is 121 Å². The van der Waals surface area contributed by atoms with Gasteiger partial charge >= 0.3 is 0 Å². The van der Waals surface area contributed by atoms with Gasteiger partial charge in [0.2, 0.25) is 0 Å². The lowest BCUT2D eigenvalue weighted by atomic mass is 9.93. The summed E-state index contributed by atoms with van der Waals surface area (Å²) >= 11 is 0. The fourth-order valence-electron chi connectivity index (χ4n) is 7.20. The van der Waals surface area contributed by atoms with Crippen molar-refractivity contribution in [2.24, 2.45) is 0 Å². The van der Waals surface area contributed by atoms with E-state index in [0.29, 0.717) is 0 Å². The fourth-order valence-corrected chi connectivity index (χ4v) is 7.20. The van der Waals surface area contributed by atoms with Crippen molar-refractivity contribution in [2.45, 2.75) is 6.92 Å². The Morgan fingerprint density at radius 1 is 0.400 bits per heavy atom. The lowest BCUT2D eigenvalue weighted by Crippen LogP contribution is -2.11. The second-order valence-corrected chi connectivity index (χ2v) is 11.9. The molecule has 0 aliphatic heterocycles. The zero-order chi connectivity index (χ0) is 29.9. The van der Waals surface area contributed by atoms with Crippen LogP contribution in [0, 0.1) is 6.92 Å². The maximum absolute atomic E-state index is 2.44. The number of aromatic nitrogens is 1. The van der Waals surface area contributed by atoms with Gasteiger partial charge in [-0.25, -0.2) is 0 Å². The highest BCUT2D eigenvalue weighted by molar-refractivity contribution is 6.28. The van der Waals surface area contributed by atoms with Crippen molar-refractivity contribution in [3.8, 4) is 5.69 Å². The van der Waals surface area contributed by atoms with Crippen molar-refractivity contribution in [3.63, 3.8) is 0 Å². The Balaban J connectivity index is 1.40. The Kier molecular flexibility index (Phi) is 5.76. The molecule has 9 aromatic rings. The van der Waals surface area contributed by atoms with Gasteiger partial charge in [-0.15, -0.1) is 0 Å². The molecule has 0 fully saturated rings. The molecule has 0 unspecified atom stereocenters. The summed E-state index contributed by atoms with van der Waals surface area (Å²) in [5.41, 5.74) is 8.22. The summed E-state index contributed by atoms with van der Waals surface area (Å²) in [6.45, 7) is 2.15. The van der Waals surface area contributed by atoms with Crippen molar-refractivity contribution in [2.75, 3.05) is 4.90 Å². The van der Waals surface area contributed by atoms with E-state index in [2.05, 4.69) is 180 Å². The highest BCUT2D eigenvalue weighted by Crippen LogP contribution is 2.45. The number of fused-ring (bicyclic) bond motifs is 9. The molecule has 0 saturated carbocycles. The minimum absolute atomic E-state index is 1.12. The zero-order valence-corrected chi connectivity index (χ0v) is 25.0. The standard InChI is InChI=1S/C43H30N2/c1-29-22-24-31(25-23-29)44(41-21-11-19-39-35-15-6-5-14-33(35)34-16-7-8-18-38(34)43(39)41)32-26-27-37-36-17-9-10-20-40(36)45(42(37)28-32)30-12-3-2-4-13-30/h2-28H,1H3. The molecule has 45 heavy (non-hydrogen) atoms. The number of benzene rings is 8. The van der Waals surface area contributed by atoms with Gasteiger partial charge in [-0.2, -0.15) is 0 Å². The molecule has 0 aliphatic carbocycles. The summed E-state index contributed by atoms with van der Waals surface area (Å²) in [5.74, 6) is 0. The van der Waals surface area contributed by atoms with Crippen molar-refractivity contribution < 1.29 is 0 Å². The number of anilines is 3. The molecule has 1 aromatic heterocycles. The van der Waals surface area contributed by atoms with Crippen LogP contribution in [0.25, 0.3) is 59.8 Å². The van der Waals surface area contributed by atoms with Gasteiger partial charge in [-0.05, 0) is 82.4 Å². The number of aryl methyl sites for hydroxylation is 1. The van der Waals surface area contributed by atoms with Gasteiger partial charge in [-0.3, -0.25) is 0 Å². The summed E-state index contributed by atoms with van der Waals surface area (Å²) < 4.78 is 2.40. The van der Waals surface area contributed by atoms with Crippen molar-refractivity contribution in [1.29, 1.82) is 0 Å². The molecule has 0 aliphatic rings. The van der Waals surface area contributed by atoms with E-state index in [0.717, 1.165) is 17.1 Å². The molecule has 2 nitrogen and oxygen atoms in total. The van der Waals surface area contributed by atoms with Crippen molar-refractivity contribution in [3.05, 3.63) is 169 Å². The average molecular weight is 575 g/mol. The van der Waals surface area contributed by atoms with E-state index in [1.165, 1.54) is 65.4 Å². The van der Waals surface area contributed by atoms with E-state index < -0.39 is 0 Å². The maximum Gasteiger partial charge on any atom is 0.0561 e. The van der Waals surface area contributed by atoms with Gasteiger partial charge in [0.1, 0.15) is 0 Å². The molecular weight excluding hydrogens is 544 g/mol. The molecule has 0 radical (unpaired) electrons. The van der Waals surface area contributed by atoms with Gasteiger partial charge in [0.15, 0.2) is 0 Å². The summed E-state index contributed by atoms with van der Waals surface area (Å²) in [5, 5.41) is 10.1. The number of nitrogens with zero attached hydrogens (tertiary/aromatic N) is 2. The lowest BCUT2D eigenvalue weighted by molar-refractivity contribution is 1.18. The predicted octanol–water partition coefficient (Wildman–Crippen LogP) is 12.0. The third kappa shape index (κ3) is 3.96. The monoisotopic (exact) mass is 574 g/mol. The summed E-state index contributed by atoms with van der Waals surface area (Å²) in [6.07, 6.45) is 0. The Labute approximate surface area is 262 Å². The molecule has 0 bridgehead atoms. The van der Waals surface area contributed by atoms with Crippen LogP contribution < -0.4 is 4.90 Å². The first-order valence-electron chi connectivity index (χ1n) is 15.5. The molecule has 0 atom stereocenters. The third-order valence-corrected chi connectivity index (χ3v) is 9.21. The molecule has 0 spiro atoms. The Morgan fingerprint density at radius 3 is 1.64 bits per heavy atom. The second-order valence-electron chi connectivity index (χ2n) is 11.9. The van der Waals surface area contributed by atoms with Crippen LogP contribution in [0.1, 0.15) is 5.56 Å². The average Bonchev–Trinajstić information content (AvgIpc) is 3.43. The molecule has 1 heterocycles. The summed E-state index contributed by atoms with van der Waals surface area (Å²) in [7, 11) is 0. The molecule has 2 heteroatoms. The van der Waals surface area contributed by atoms with E-state index in [9.17, 15) is 0 Å². The first-order chi connectivity index (χ1) is 22.3. The topological polar surface area (TPSA) is 8.17 Å². The molecule has 0 amide bonds. The van der Waals surface area contributed by atoms with Crippen LogP contribution in [0.2, 0.25) is 0 Å². The first-order valence-corrected chi connectivity index (χ1v) is 15.5. The highest BCUT2D eigenvalue weighted by atomic mass is 15.1. The van der Waals surface area contributed by atoms with Crippen LogP contribution in [0.5, 0.6) is 0 Å². The molecule has 8 aromatic carbocycles. The van der Waals surface area contributed by atoms with E-state index >= 15 is 0 Å². The molecular formula is C43H30N2. The van der Waals surface area contributed by atoms with Crippen LogP contribution >= 0.6 is 0 Å². The van der Waals surface area contributed by atoms with E-state index in [1.807, 2.05) is 0 Å². The molecule has 0 N–H and O–H groups in total. The van der Waals surface area contributed by atoms with Gasteiger partial charge < -0.3 is 9.47 Å². The van der Waals surface area contributed by atoms with E-state index in [1.54, 1.807) is 0 Å². The van der Waals surface area contributed by atoms with Gasteiger partial charge in [0, 0.05) is 33.2 Å². The largest absolute Gasteiger partial charge is 0.310 e. The Morgan fingerprint density at radius 2 is 0.933 bits per heavy atom. The summed E-state index contributed by atoms with van der Waals surface area (Å²) in [6, 6.07) is 59.7. The predicted molar refractivity (Wildman–Crippen MR) is 193 cm³/mol. The van der Waals surface area contributed by atoms with E-state index in [-0.39, 0.29) is 0 Å². The maximum atomic E-state index is 2.44.